The molecule has 2 rings (SSSR count). The van der Waals surface area contributed by atoms with Crippen LogP contribution < -0.4 is 5.32 Å². The Morgan fingerprint density at radius 2 is 2.04 bits per heavy atom. The highest BCUT2D eigenvalue weighted by Crippen LogP contribution is 2.19. The fraction of sp³-hybridized carbons (Fsp3) is 0.444. The van der Waals surface area contributed by atoms with E-state index in [1.807, 2.05) is 31.2 Å². The third-order valence-corrected chi connectivity index (χ3v) is 4.37. The van der Waals surface area contributed by atoms with Crippen molar-refractivity contribution in [1.29, 1.82) is 0 Å². The molecular formula is C18H24N2O3. The van der Waals surface area contributed by atoms with Crippen molar-refractivity contribution in [2.45, 2.75) is 25.9 Å². The number of amides is 2. The molecule has 0 aromatic heterocycles. The first-order valence-corrected chi connectivity index (χ1v) is 7.95. The molecule has 2 N–H and O–H groups in total. The maximum atomic E-state index is 12.2. The van der Waals surface area contributed by atoms with Crippen LogP contribution in [0.15, 0.2) is 36.9 Å². The lowest BCUT2D eigenvalue weighted by atomic mass is 9.95. The first kappa shape index (κ1) is 17.2. The molecular weight excluding hydrogens is 292 g/mol. The van der Waals surface area contributed by atoms with Gasteiger partial charge in [-0.05, 0) is 37.0 Å². The molecule has 124 valence electrons. The average molecular weight is 316 g/mol. The van der Waals surface area contributed by atoms with Crippen molar-refractivity contribution in [1.82, 2.24) is 10.2 Å². The van der Waals surface area contributed by atoms with Gasteiger partial charge in [0.25, 0.3) is 0 Å². The Morgan fingerprint density at radius 1 is 1.39 bits per heavy atom. The average Bonchev–Trinajstić information content (AvgIpc) is 2.59. The maximum Gasteiger partial charge on any atom is 0.245 e. The molecule has 1 fully saturated rings. The van der Waals surface area contributed by atoms with Crippen LogP contribution >= 0.6 is 0 Å². The summed E-state index contributed by atoms with van der Waals surface area (Å²) < 4.78 is 0. The van der Waals surface area contributed by atoms with Crippen LogP contribution in [0.25, 0.3) is 0 Å². The first-order chi connectivity index (χ1) is 11.0. The van der Waals surface area contributed by atoms with Gasteiger partial charge in [-0.15, -0.1) is 0 Å². The minimum Gasteiger partial charge on any atom is -0.387 e. The zero-order valence-electron chi connectivity index (χ0n) is 13.5. The fourth-order valence-corrected chi connectivity index (χ4v) is 2.90. The molecule has 1 aliphatic heterocycles. The Labute approximate surface area is 137 Å². The normalized spacial score (nSPS) is 16.7. The van der Waals surface area contributed by atoms with Crippen LogP contribution in [0, 0.1) is 12.8 Å². The highest BCUT2D eigenvalue weighted by atomic mass is 16.3. The number of piperidine rings is 1. The van der Waals surface area contributed by atoms with Crippen LogP contribution in [0.1, 0.15) is 30.1 Å². The summed E-state index contributed by atoms with van der Waals surface area (Å²) in [4.78, 5) is 25.4. The van der Waals surface area contributed by atoms with Crippen LogP contribution in [0.3, 0.4) is 0 Å². The number of carbonyl (C=O) groups excluding carboxylic acids is 2. The minimum absolute atomic E-state index is 0.0525. The van der Waals surface area contributed by atoms with Crippen molar-refractivity contribution in [3.05, 3.63) is 48.0 Å². The predicted molar refractivity (Wildman–Crippen MR) is 88.6 cm³/mol. The van der Waals surface area contributed by atoms with Crippen molar-refractivity contribution < 1.29 is 14.7 Å². The highest BCUT2D eigenvalue weighted by molar-refractivity contribution is 5.87. The number of benzene rings is 1. The topological polar surface area (TPSA) is 69.6 Å². The van der Waals surface area contributed by atoms with Gasteiger partial charge in [-0.3, -0.25) is 9.59 Å². The molecule has 5 nitrogen and oxygen atoms in total. The molecule has 1 saturated heterocycles. The Balaban J connectivity index is 1.81. The van der Waals surface area contributed by atoms with Gasteiger partial charge in [-0.2, -0.15) is 0 Å². The number of hydrogen-bond donors (Lipinski definition) is 2. The number of aliphatic hydroxyl groups is 1. The van der Waals surface area contributed by atoms with E-state index in [1.165, 1.54) is 6.08 Å². The molecule has 2 amide bonds. The summed E-state index contributed by atoms with van der Waals surface area (Å²) in [6.45, 7) is 6.76. The summed E-state index contributed by atoms with van der Waals surface area (Å²) in [5.74, 6) is -0.241. The number of aryl methyl sites for hydroxylation is 1. The Kier molecular flexibility index (Phi) is 5.93. The van der Waals surface area contributed by atoms with Gasteiger partial charge >= 0.3 is 0 Å². The second-order valence-electron chi connectivity index (χ2n) is 5.92. The molecule has 5 heteroatoms. The van der Waals surface area contributed by atoms with Gasteiger partial charge < -0.3 is 15.3 Å². The Bertz CT molecular complexity index is 577. The first-order valence-electron chi connectivity index (χ1n) is 7.95. The minimum atomic E-state index is -0.706. The summed E-state index contributed by atoms with van der Waals surface area (Å²) in [6.07, 6.45) is 1.89. The molecule has 0 bridgehead atoms. The van der Waals surface area contributed by atoms with E-state index < -0.39 is 6.10 Å². The van der Waals surface area contributed by atoms with Crippen LogP contribution in [-0.4, -0.2) is 41.5 Å². The number of rotatable bonds is 5. The molecule has 1 unspecified atom stereocenters. The number of hydrogen-bond acceptors (Lipinski definition) is 3. The number of carbonyl (C=O) groups is 2. The molecule has 0 aliphatic carbocycles. The van der Waals surface area contributed by atoms with Gasteiger partial charge in [-0.25, -0.2) is 0 Å². The van der Waals surface area contributed by atoms with Gasteiger partial charge in [0.2, 0.25) is 11.8 Å². The molecule has 0 spiro atoms. The van der Waals surface area contributed by atoms with Crippen LogP contribution in [0.2, 0.25) is 0 Å². The lowest BCUT2D eigenvalue weighted by Gasteiger charge is -2.30. The van der Waals surface area contributed by atoms with E-state index in [1.54, 1.807) is 4.90 Å². The summed E-state index contributed by atoms with van der Waals surface area (Å²) in [7, 11) is 0. The predicted octanol–water partition coefficient (Wildman–Crippen LogP) is 1.57. The third-order valence-electron chi connectivity index (χ3n) is 4.37. The van der Waals surface area contributed by atoms with E-state index >= 15 is 0 Å². The molecule has 1 aromatic rings. The quantitative estimate of drug-likeness (QED) is 0.810. The van der Waals surface area contributed by atoms with Gasteiger partial charge in [0.15, 0.2) is 0 Å². The van der Waals surface area contributed by atoms with Crippen LogP contribution in [0.5, 0.6) is 0 Å². The molecule has 0 radical (unpaired) electrons. The van der Waals surface area contributed by atoms with Gasteiger partial charge in [0.05, 0.1) is 6.10 Å². The van der Waals surface area contributed by atoms with Crippen molar-refractivity contribution in [3.8, 4) is 0 Å². The summed E-state index contributed by atoms with van der Waals surface area (Å²) in [5.41, 5.74) is 1.84. The van der Waals surface area contributed by atoms with E-state index in [4.69, 9.17) is 0 Å². The summed E-state index contributed by atoms with van der Waals surface area (Å²) >= 11 is 0. The molecule has 1 heterocycles. The fourth-order valence-electron chi connectivity index (χ4n) is 2.90. The smallest absolute Gasteiger partial charge is 0.245 e. The zero-order valence-corrected chi connectivity index (χ0v) is 13.5. The summed E-state index contributed by atoms with van der Waals surface area (Å²) in [5, 5.41) is 13.0. The van der Waals surface area contributed by atoms with E-state index in [2.05, 4.69) is 11.9 Å². The largest absolute Gasteiger partial charge is 0.387 e. The van der Waals surface area contributed by atoms with E-state index in [-0.39, 0.29) is 24.3 Å². The van der Waals surface area contributed by atoms with Gasteiger partial charge in [0.1, 0.15) is 0 Å². The monoisotopic (exact) mass is 316 g/mol. The Morgan fingerprint density at radius 3 is 2.65 bits per heavy atom. The number of nitrogens with zero attached hydrogens (tertiary/aromatic N) is 1. The maximum absolute atomic E-state index is 12.2. The third kappa shape index (κ3) is 4.42. The van der Waals surface area contributed by atoms with Crippen molar-refractivity contribution in [3.63, 3.8) is 0 Å². The SMILES string of the molecule is C=CC(=O)N1CCC(C(=O)NCC(O)c2ccccc2C)CC1. The zero-order chi connectivity index (χ0) is 16.8. The van der Waals surface area contributed by atoms with Gasteiger partial charge in [-0.1, -0.05) is 30.8 Å². The van der Waals surface area contributed by atoms with Gasteiger partial charge in [0, 0.05) is 25.6 Å². The van der Waals surface area contributed by atoms with Crippen LogP contribution in [-0.2, 0) is 9.59 Å². The molecule has 23 heavy (non-hydrogen) atoms. The van der Waals surface area contributed by atoms with E-state index in [9.17, 15) is 14.7 Å². The number of likely N-dealkylation sites (tertiary alicyclic amines) is 1. The molecule has 0 saturated carbocycles. The lowest BCUT2D eigenvalue weighted by molar-refractivity contribution is -0.132. The van der Waals surface area contributed by atoms with Crippen LogP contribution in [0.4, 0.5) is 0 Å². The second kappa shape index (κ2) is 7.92. The summed E-state index contributed by atoms with van der Waals surface area (Å²) in [6, 6.07) is 7.60. The standard InChI is InChI=1S/C18H24N2O3/c1-3-17(22)20-10-8-14(9-11-20)18(23)19-12-16(21)15-7-5-4-6-13(15)2/h3-7,14,16,21H,1,8-12H2,2H3,(H,19,23). The van der Waals surface area contributed by atoms with Crippen molar-refractivity contribution >= 4 is 11.8 Å². The number of nitrogens with one attached hydrogen (secondary N) is 1. The van der Waals surface area contributed by atoms with E-state index in [0.29, 0.717) is 25.9 Å². The highest BCUT2D eigenvalue weighted by Gasteiger charge is 2.26. The second-order valence-corrected chi connectivity index (χ2v) is 5.92. The molecule has 1 aromatic carbocycles. The van der Waals surface area contributed by atoms with Crippen molar-refractivity contribution in [2.75, 3.05) is 19.6 Å². The van der Waals surface area contributed by atoms with E-state index in [0.717, 1.165) is 11.1 Å². The molecule has 1 aliphatic rings. The lowest BCUT2D eigenvalue weighted by Crippen LogP contribution is -2.43. The Hall–Kier alpha value is -2.14. The molecule has 1 atom stereocenters. The van der Waals surface area contributed by atoms with Crippen molar-refractivity contribution in [2.24, 2.45) is 5.92 Å². The number of aliphatic hydroxyl groups excluding tert-OH is 1.